The van der Waals surface area contributed by atoms with Gasteiger partial charge in [-0.05, 0) is 63.6 Å². The fraction of sp³-hybridized carbons (Fsp3) is 0.333. The van der Waals surface area contributed by atoms with Crippen molar-refractivity contribution in [1.29, 1.82) is 0 Å². The van der Waals surface area contributed by atoms with Crippen LogP contribution in [0.25, 0.3) is 0 Å². The summed E-state index contributed by atoms with van der Waals surface area (Å²) in [7, 11) is -0.807. The van der Waals surface area contributed by atoms with E-state index in [1.165, 1.54) is 31.3 Å². The molecule has 0 aliphatic heterocycles. The second-order valence-corrected chi connectivity index (χ2v) is 10.6. The van der Waals surface area contributed by atoms with Crippen LogP contribution >= 0.6 is 0 Å². The van der Waals surface area contributed by atoms with Crippen molar-refractivity contribution in [3.63, 3.8) is 0 Å². The first-order chi connectivity index (χ1) is 17.1. The molecule has 192 valence electrons. The molecule has 0 N–H and O–H groups in total. The lowest BCUT2D eigenvalue weighted by Gasteiger charge is -2.20. The van der Waals surface area contributed by atoms with Gasteiger partial charge in [0.2, 0.25) is 5.78 Å². The monoisotopic (exact) mass is 512 g/mol. The molecule has 0 aliphatic rings. The molecule has 9 heteroatoms. The Morgan fingerprint density at radius 1 is 1.00 bits per heavy atom. The van der Waals surface area contributed by atoms with Crippen LogP contribution in [0.15, 0.2) is 59.5 Å². The van der Waals surface area contributed by atoms with Crippen molar-refractivity contribution in [2.45, 2.75) is 38.6 Å². The number of Topliss-reactive ketones (excluding diaryl/α,β-unsaturated/α-hetero) is 1. The predicted octanol–water partition coefficient (Wildman–Crippen LogP) is 4.31. The zero-order chi connectivity index (χ0) is 26.5. The van der Waals surface area contributed by atoms with Gasteiger partial charge in [0, 0.05) is 44.3 Å². The first kappa shape index (κ1) is 27.2. The van der Waals surface area contributed by atoms with Crippen molar-refractivity contribution in [1.82, 2.24) is 4.57 Å². The molecule has 0 fully saturated rings. The van der Waals surface area contributed by atoms with Crippen molar-refractivity contribution in [2.24, 2.45) is 0 Å². The van der Waals surface area contributed by atoms with Crippen molar-refractivity contribution in [3.8, 4) is 0 Å². The van der Waals surface area contributed by atoms with Crippen LogP contribution < -0.4 is 4.31 Å². The summed E-state index contributed by atoms with van der Waals surface area (Å²) < 4.78 is 39.8. The fourth-order valence-corrected chi connectivity index (χ4v) is 5.16. The number of hydrogen-bond donors (Lipinski definition) is 0. The van der Waals surface area contributed by atoms with Gasteiger partial charge < -0.3 is 14.0 Å². The summed E-state index contributed by atoms with van der Waals surface area (Å²) in [6, 6.07) is 14.5. The van der Waals surface area contributed by atoms with Gasteiger partial charge >= 0.3 is 5.97 Å². The largest absolute Gasteiger partial charge is 0.454 e. The summed E-state index contributed by atoms with van der Waals surface area (Å²) in [6.45, 7) is 6.58. The Labute approximate surface area is 212 Å². The molecule has 3 rings (SSSR count). The lowest BCUT2D eigenvalue weighted by Crippen LogP contribution is -2.26. The Bertz CT molecular complexity index is 1340. The fourth-order valence-electron chi connectivity index (χ4n) is 3.92. The van der Waals surface area contributed by atoms with Gasteiger partial charge in [-0.3, -0.25) is 9.10 Å². The van der Waals surface area contributed by atoms with Crippen molar-refractivity contribution in [2.75, 3.05) is 31.7 Å². The highest BCUT2D eigenvalue weighted by Gasteiger charge is 2.23. The first-order valence-electron chi connectivity index (χ1n) is 11.6. The predicted molar refractivity (Wildman–Crippen MR) is 138 cm³/mol. The second-order valence-electron chi connectivity index (χ2n) is 8.62. The molecule has 0 spiro atoms. The number of ketones is 1. The molecular weight excluding hydrogens is 480 g/mol. The molecule has 0 saturated heterocycles. The Balaban J connectivity index is 1.70. The molecule has 0 saturated carbocycles. The standard InChI is InChI=1S/C27H32N2O6S/c1-19-10-12-23(13-11-19)28(4)36(32,33)24-9-6-8-22(17-24)27(31)35-18-26(30)25-16-20(2)29(21(25)3)14-7-15-34-5/h6,8-13,16-17H,7,14-15,18H2,1-5H3. The van der Waals surface area contributed by atoms with E-state index in [0.717, 1.165) is 34.2 Å². The molecule has 0 atom stereocenters. The molecule has 0 unspecified atom stereocenters. The molecule has 1 aromatic heterocycles. The number of ether oxygens (including phenoxy) is 2. The first-order valence-corrected chi connectivity index (χ1v) is 13.0. The zero-order valence-corrected chi connectivity index (χ0v) is 22.1. The Kier molecular flexibility index (Phi) is 8.70. The number of anilines is 1. The number of carbonyl (C=O) groups is 2. The smallest absolute Gasteiger partial charge is 0.338 e. The van der Waals surface area contributed by atoms with Gasteiger partial charge in [-0.15, -0.1) is 0 Å². The normalized spacial score (nSPS) is 11.4. The molecule has 1 heterocycles. The van der Waals surface area contributed by atoms with Gasteiger partial charge in [0.15, 0.2) is 6.61 Å². The average molecular weight is 513 g/mol. The van der Waals surface area contributed by atoms with Crippen LogP contribution in [0.1, 0.15) is 44.1 Å². The molecule has 0 amide bonds. The minimum absolute atomic E-state index is 0.0474. The minimum atomic E-state index is -3.91. The van der Waals surface area contributed by atoms with E-state index in [1.807, 2.05) is 37.5 Å². The molecule has 8 nitrogen and oxygen atoms in total. The van der Waals surface area contributed by atoms with E-state index in [9.17, 15) is 18.0 Å². The number of methoxy groups -OCH3 is 1. The van der Waals surface area contributed by atoms with Crippen LogP contribution in [0, 0.1) is 20.8 Å². The van der Waals surface area contributed by atoms with Crippen molar-refractivity contribution in [3.05, 3.63) is 82.7 Å². The third kappa shape index (κ3) is 6.03. The van der Waals surface area contributed by atoms with Crippen LogP contribution in [-0.2, 0) is 26.0 Å². The van der Waals surface area contributed by atoms with Crippen LogP contribution in [0.4, 0.5) is 5.69 Å². The lowest BCUT2D eigenvalue weighted by molar-refractivity contribution is 0.0474. The molecule has 2 aromatic carbocycles. The highest BCUT2D eigenvalue weighted by Crippen LogP contribution is 2.23. The maximum Gasteiger partial charge on any atom is 0.338 e. The van der Waals surface area contributed by atoms with E-state index >= 15 is 0 Å². The van der Waals surface area contributed by atoms with Crippen LogP contribution in [-0.4, -0.2) is 52.1 Å². The number of carbonyl (C=O) groups excluding carboxylic acids is 2. The number of benzene rings is 2. The second kappa shape index (κ2) is 11.5. The average Bonchev–Trinajstić information content (AvgIpc) is 3.15. The van der Waals surface area contributed by atoms with Gasteiger partial charge in [0.25, 0.3) is 10.0 Å². The third-order valence-electron chi connectivity index (χ3n) is 6.06. The number of aromatic nitrogens is 1. The van der Waals surface area contributed by atoms with E-state index in [4.69, 9.17) is 9.47 Å². The van der Waals surface area contributed by atoms with Gasteiger partial charge in [0.05, 0.1) is 16.1 Å². The third-order valence-corrected chi connectivity index (χ3v) is 7.85. The number of esters is 1. The molecule has 3 aromatic rings. The Hall–Kier alpha value is -3.43. The summed E-state index contributed by atoms with van der Waals surface area (Å²) in [5.74, 6) is -1.09. The number of hydrogen-bond acceptors (Lipinski definition) is 6. The molecular formula is C27H32N2O6S. The highest BCUT2D eigenvalue weighted by atomic mass is 32.2. The van der Waals surface area contributed by atoms with Crippen molar-refractivity contribution < 1.29 is 27.5 Å². The summed E-state index contributed by atoms with van der Waals surface area (Å²) in [5.41, 5.74) is 3.79. The van der Waals surface area contributed by atoms with Crippen LogP contribution in [0.2, 0.25) is 0 Å². The Morgan fingerprint density at radius 3 is 2.36 bits per heavy atom. The molecule has 0 radical (unpaired) electrons. The lowest BCUT2D eigenvalue weighted by atomic mass is 10.1. The van der Waals surface area contributed by atoms with Crippen LogP contribution in [0.3, 0.4) is 0 Å². The van der Waals surface area contributed by atoms with Gasteiger partial charge in [-0.25, -0.2) is 13.2 Å². The summed E-state index contributed by atoms with van der Waals surface area (Å²) in [4.78, 5) is 25.4. The van der Waals surface area contributed by atoms with E-state index in [0.29, 0.717) is 17.9 Å². The summed E-state index contributed by atoms with van der Waals surface area (Å²) >= 11 is 0. The van der Waals surface area contributed by atoms with Crippen molar-refractivity contribution >= 4 is 27.5 Å². The van der Waals surface area contributed by atoms with Gasteiger partial charge in [0.1, 0.15) is 0 Å². The summed E-state index contributed by atoms with van der Waals surface area (Å²) in [5, 5.41) is 0. The van der Waals surface area contributed by atoms with E-state index in [-0.39, 0.29) is 16.2 Å². The van der Waals surface area contributed by atoms with E-state index in [2.05, 4.69) is 0 Å². The SMILES string of the molecule is COCCCn1c(C)cc(C(=O)COC(=O)c2cccc(S(=O)(=O)N(C)c3ccc(C)cc3)c2)c1C. The highest BCUT2D eigenvalue weighted by molar-refractivity contribution is 7.92. The van der Waals surface area contributed by atoms with E-state index in [1.54, 1.807) is 25.3 Å². The quantitative estimate of drug-likeness (QED) is 0.216. The van der Waals surface area contributed by atoms with Gasteiger partial charge in [-0.1, -0.05) is 23.8 Å². The van der Waals surface area contributed by atoms with E-state index < -0.39 is 22.6 Å². The zero-order valence-electron chi connectivity index (χ0n) is 21.3. The number of sulfonamides is 1. The Morgan fingerprint density at radius 2 is 1.69 bits per heavy atom. The van der Waals surface area contributed by atoms with Crippen LogP contribution in [0.5, 0.6) is 0 Å². The number of rotatable bonds is 11. The molecule has 36 heavy (non-hydrogen) atoms. The maximum atomic E-state index is 13.1. The molecule has 0 bridgehead atoms. The minimum Gasteiger partial charge on any atom is -0.454 e. The number of nitrogens with zero attached hydrogens (tertiary/aromatic N) is 2. The van der Waals surface area contributed by atoms with Gasteiger partial charge in [-0.2, -0.15) is 0 Å². The maximum absolute atomic E-state index is 13.1. The number of aryl methyl sites for hydroxylation is 2. The topological polar surface area (TPSA) is 94.9 Å². The summed E-state index contributed by atoms with van der Waals surface area (Å²) in [6.07, 6.45) is 0.813. The molecule has 0 aliphatic carbocycles.